The highest BCUT2D eigenvalue weighted by molar-refractivity contribution is 9.09. The molecule has 0 saturated heterocycles. The molecule has 0 aromatic rings. The zero-order valence-electron chi connectivity index (χ0n) is 9.94. The molecule has 0 rings (SSSR count). The Balaban J connectivity index is 3.94. The average Bonchev–Trinajstić information content (AvgIpc) is 2.24. The molecule has 0 aromatic carbocycles. The molecule has 1 atom stereocenters. The van der Waals surface area contributed by atoms with E-state index in [1.54, 1.807) is 0 Å². The summed E-state index contributed by atoms with van der Waals surface area (Å²) in [7, 11) is 0. The minimum Gasteiger partial charge on any atom is -0.162 e. The first kappa shape index (κ1) is 14.8. The summed E-state index contributed by atoms with van der Waals surface area (Å²) < 4.78 is 0. The van der Waals surface area contributed by atoms with E-state index < -0.39 is 0 Å². The Kier molecular flexibility index (Phi) is 9.62. The van der Waals surface area contributed by atoms with Gasteiger partial charge in [0, 0.05) is 5.33 Å². The van der Waals surface area contributed by atoms with Crippen LogP contribution in [0.4, 0.5) is 0 Å². The topological polar surface area (TPSA) is 0 Å². The number of alkyl halides is 1. The van der Waals surface area contributed by atoms with Crippen LogP contribution in [-0.2, 0) is 0 Å². The van der Waals surface area contributed by atoms with Gasteiger partial charge in [0.1, 0.15) is 0 Å². The van der Waals surface area contributed by atoms with Crippen LogP contribution >= 0.6 is 27.7 Å². The molecular weight excluding hydrogens is 256 g/mol. The van der Waals surface area contributed by atoms with Gasteiger partial charge in [0.25, 0.3) is 0 Å². The van der Waals surface area contributed by atoms with Gasteiger partial charge in [0.15, 0.2) is 0 Å². The van der Waals surface area contributed by atoms with E-state index in [1.807, 2.05) is 0 Å². The Hall–Kier alpha value is 0.830. The Morgan fingerprint density at radius 2 is 1.86 bits per heavy atom. The SMILES string of the molecule is CCCCC(CC)(CBr)CCSCC. The second-order valence-corrected chi connectivity index (χ2v) is 5.99. The highest BCUT2D eigenvalue weighted by Crippen LogP contribution is 2.35. The fourth-order valence-electron chi connectivity index (χ4n) is 1.69. The van der Waals surface area contributed by atoms with Crippen molar-refractivity contribution in [3.8, 4) is 0 Å². The number of unbranched alkanes of at least 4 members (excludes halogenated alkanes) is 1. The Morgan fingerprint density at radius 3 is 2.29 bits per heavy atom. The zero-order valence-corrected chi connectivity index (χ0v) is 12.3. The number of hydrogen-bond donors (Lipinski definition) is 0. The van der Waals surface area contributed by atoms with Crippen molar-refractivity contribution in [2.24, 2.45) is 5.41 Å². The second kappa shape index (κ2) is 9.08. The summed E-state index contributed by atoms with van der Waals surface area (Å²) in [6, 6.07) is 0. The molecule has 0 aromatic heterocycles. The molecule has 0 aliphatic rings. The zero-order chi connectivity index (χ0) is 10.9. The van der Waals surface area contributed by atoms with Crippen LogP contribution in [0.3, 0.4) is 0 Å². The van der Waals surface area contributed by atoms with Gasteiger partial charge in [0.05, 0.1) is 0 Å². The van der Waals surface area contributed by atoms with Crippen LogP contribution in [0.15, 0.2) is 0 Å². The van der Waals surface area contributed by atoms with Gasteiger partial charge in [-0.3, -0.25) is 0 Å². The lowest BCUT2D eigenvalue weighted by molar-refractivity contribution is 0.277. The van der Waals surface area contributed by atoms with Crippen LogP contribution in [0.1, 0.15) is 52.9 Å². The fraction of sp³-hybridized carbons (Fsp3) is 1.00. The smallest absolute Gasteiger partial charge is 0.00881 e. The van der Waals surface area contributed by atoms with Crippen molar-refractivity contribution in [2.75, 3.05) is 16.8 Å². The van der Waals surface area contributed by atoms with E-state index in [2.05, 4.69) is 48.5 Å². The lowest BCUT2D eigenvalue weighted by Crippen LogP contribution is -2.22. The maximum absolute atomic E-state index is 3.71. The molecule has 0 radical (unpaired) electrons. The third kappa shape index (κ3) is 5.65. The van der Waals surface area contributed by atoms with E-state index >= 15 is 0 Å². The lowest BCUT2D eigenvalue weighted by atomic mass is 9.80. The highest BCUT2D eigenvalue weighted by atomic mass is 79.9. The molecule has 0 aliphatic carbocycles. The van der Waals surface area contributed by atoms with Crippen molar-refractivity contribution in [3.63, 3.8) is 0 Å². The van der Waals surface area contributed by atoms with Gasteiger partial charge >= 0.3 is 0 Å². The Labute approximate surface area is 103 Å². The summed E-state index contributed by atoms with van der Waals surface area (Å²) in [6.07, 6.45) is 6.82. The second-order valence-electron chi connectivity index (χ2n) is 4.04. The van der Waals surface area contributed by atoms with Crippen molar-refractivity contribution in [2.45, 2.75) is 52.9 Å². The molecule has 0 heterocycles. The van der Waals surface area contributed by atoms with Crippen LogP contribution in [0, 0.1) is 5.41 Å². The molecule has 2 heteroatoms. The molecule has 0 bridgehead atoms. The largest absolute Gasteiger partial charge is 0.162 e. The molecule has 0 spiro atoms. The maximum atomic E-state index is 3.71. The first-order valence-corrected chi connectivity index (χ1v) is 8.16. The number of hydrogen-bond acceptors (Lipinski definition) is 1. The van der Waals surface area contributed by atoms with Crippen LogP contribution < -0.4 is 0 Å². The third-order valence-corrected chi connectivity index (χ3v) is 5.17. The van der Waals surface area contributed by atoms with E-state index in [1.165, 1.54) is 48.9 Å². The van der Waals surface area contributed by atoms with Crippen LogP contribution in [0.2, 0.25) is 0 Å². The summed E-state index contributed by atoms with van der Waals surface area (Å²) in [6.45, 7) is 6.88. The van der Waals surface area contributed by atoms with Gasteiger partial charge in [-0.2, -0.15) is 11.8 Å². The van der Waals surface area contributed by atoms with Gasteiger partial charge in [-0.25, -0.2) is 0 Å². The molecule has 0 saturated carbocycles. The van der Waals surface area contributed by atoms with Gasteiger partial charge < -0.3 is 0 Å². The number of halogens is 1. The standard InChI is InChI=1S/C12H25BrS/c1-4-7-8-12(5-2,11-13)9-10-14-6-3/h4-11H2,1-3H3. The molecule has 0 fully saturated rings. The molecule has 86 valence electrons. The van der Waals surface area contributed by atoms with Crippen LogP contribution in [-0.4, -0.2) is 16.8 Å². The Bertz CT molecular complexity index is 121. The summed E-state index contributed by atoms with van der Waals surface area (Å²) in [5.74, 6) is 2.59. The van der Waals surface area contributed by atoms with E-state index in [0.717, 1.165) is 0 Å². The monoisotopic (exact) mass is 280 g/mol. The quantitative estimate of drug-likeness (QED) is 0.418. The Morgan fingerprint density at radius 1 is 1.14 bits per heavy atom. The van der Waals surface area contributed by atoms with E-state index in [9.17, 15) is 0 Å². The van der Waals surface area contributed by atoms with Crippen molar-refractivity contribution in [1.29, 1.82) is 0 Å². The average molecular weight is 281 g/mol. The molecule has 1 unspecified atom stereocenters. The summed E-state index contributed by atoms with van der Waals surface area (Å²) >= 11 is 5.78. The molecule has 0 aliphatic heterocycles. The summed E-state index contributed by atoms with van der Waals surface area (Å²) in [5, 5.41) is 1.18. The first-order chi connectivity index (χ1) is 6.74. The van der Waals surface area contributed by atoms with E-state index in [4.69, 9.17) is 0 Å². The first-order valence-electron chi connectivity index (χ1n) is 5.88. The summed E-state index contributed by atoms with van der Waals surface area (Å²) in [4.78, 5) is 0. The van der Waals surface area contributed by atoms with Crippen LogP contribution in [0.5, 0.6) is 0 Å². The van der Waals surface area contributed by atoms with Gasteiger partial charge in [-0.05, 0) is 36.2 Å². The summed E-state index contributed by atoms with van der Waals surface area (Å²) in [5.41, 5.74) is 0.582. The molecule has 0 amide bonds. The number of thioether (sulfide) groups is 1. The van der Waals surface area contributed by atoms with Gasteiger partial charge in [0.2, 0.25) is 0 Å². The number of rotatable bonds is 9. The lowest BCUT2D eigenvalue weighted by Gasteiger charge is -2.30. The predicted molar refractivity (Wildman–Crippen MR) is 73.7 cm³/mol. The van der Waals surface area contributed by atoms with Crippen molar-refractivity contribution >= 4 is 27.7 Å². The van der Waals surface area contributed by atoms with Gasteiger partial charge in [-0.15, -0.1) is 0 Å². The minimum atomic E-state index is 0.582. The van der Waals surface area contributed by atoms with Crippen molar-refractivity contribution in [1.82, 2.24) is 0 Å². The van der Waals surface area contributed by atoms with Crippen LogP contribution in [0.25, 0.3) is 0 Å². The van der Waals surface area contributed by atoms with Gasteiger partial charge in [-0.1, -0.05) is 49.5 Å². The molecule has 14 heavy (non-hydrogen) atoms. The maximum Gasteiger partial charge on any atom is 0.00881 e. The highest BCUT2D eigenvalue weighted by Gasteiger charge is 2.25. The van der Waals surface area contributed by atoms with E-state index in [-0.39, 0.29) is 0 Å². The molecule has 0 N–H and O–H groups in total. The fourth-order valence-corrected chi connectivity index (χ4v) is 3.51. The van der Waals surface area contributed by atoms with Crippen molar-refractivity contribution < 1.29 is 0 Å². The minimum absolute atomic E-state index is 0.582. The third-order valence-electron chi connectivity index (χ3n) is 3.07. The van der Waals surface area contributed by atoms with Crippen molar-refractivity contribution in [3.05, 3.63) is 0 Å². The molecular formula is C12H25BrS. The van der Waals surface area contributed by atoms with E-state index in [0.29, 0.717) is 5.41 Å². The normalized spacial score (nSPS) is 15.4. The predicted octanol–water partition coefficient (Wildman–Crippen LogP) is 5.11. The molecule has 0 nitrogen and oxygen atoms in total.